The summed E-state index contributed by atoms with van der Waals surface area (Å²) in [7, 11) is -2.60. The van der Waals surface area contributed by atoms with E-state index < -0.39 is 19.9 Å². The first kappa shape index (κ1) is 21.7. The molecule has 0 aliphatic heterocycles. The highest BCUT2D eigenvalue weighted by Crippen LogP contribution is 2.68. The van der Waals surface area contributed by atoms with Gasteiger partial charge in [-0.25, -0.2) is 0 Å². The SMILES string of the molecule is C=C(C)c1ccc(C#CS(F)(C(C)(C)C)C(C)(C)C)cn1.CC. The Kier molecular flexibility index (Phi) is 7.57. The quantitative estimate of drug-likeness (QED) is 0.517. The van der Waals surface area contributed by atoms with Crippen LogP contribution in [0.3, 0.4) is 0 Å². The minimum absolute atomic E-state index is 0.483. The molecule has 0 amide bonds. The third-order valence-corrected chi connectivity index (χ3v) is 6.98. The molecule has 0 unspecified atom stereocenters. The van der Waals surface area contributed by atoms with Crippen molar-refractivity contribution in [2.75, 3.05) is 0 Å². The molecule has 0 aromatic carbocycles. The van der Waals surface area contributed by atoms with Gasteiger partial charge in [-0.1, -0.05) is 26.3 Å². The van der Waals surface area contributed by atoms with Gasteiger partial charge in [0.25, 0.3) is 0 Å². The Morgan fingerprint density at radius 2 is 1.57 bits per heavy atom. The predicted molar refractivity (Wildman–Crippen MR) is 105 cm³/mol. The molecule has 3 heteroatoms. The lowest BCUT2D eigenvalue weighted by Crippen LogP contribution is -2.34. The summed E-state index contributed by atoms with van der Waals surface area (Å²) in [5, 5.41) is 2.95. The number of nitrogens with zero attached hydrogens (tertiary/aromatic N) is 1. The van der Waals surface area contributed by atoms with Crippen molar-refractivity contribution < 1.29 is 3.89 Å². The molecule has 0 aliphatic carbocycles. The van der Waals surface area contributed by atoms with E-state index in [9.17, 15) is 0 Å². The Morgan fingerprint density at radius 3 is 1.87 bits per heavy atom. The summed E-state index contributed by atoms with van der Waals surface area (Å²) < 4.78 is 14.6. The van der Waals surface area contributed by atoms with Crippen LogP contribution in [0.1, 0.15) is 73.6 Å². The summed E-state index contributed by atoms with van der Waals surface area (Å²) in [6.07, 6.45) is 1.68. The van der Waals surface area contributed by atoms with Crippen LogP contribution in [-0.2, 0) is 0 Å². The first-order valence-electron chi connectivity index (χ1n) is 8.05. The van der Waals surface area contributed by atoms with Crippen LogP contribution < -0.4 is 0 Å². The Bertz CT molecular complexity index is 563. The third kappa shape index (κ3) is 5.39. The van der Waals surface area contributed by atoms with Crippen LogP contribution in [0.15, 0.2) is 24.9 Å². The molecule has 0 N–H and O–H groups in total. The topological polar surface area (TPSA) is 12.9 Å². The highest BCUT2D eigenvalue weighted by Gasteiger charge is 2.45. The summed E-state index contributed by atoms with van der Waals surface area (Å²) in [4.78, 5) is 4.29. The van der Waals surface area contributed by atoms with Crippen LogP contribution in [0.2, 0.25) is 0 Å². The molecule has 23 heavy (non-hydrogen) atoms. The van der Waals surface area contributed by atoms with E-state index in [1.807, 2.05) is 74.4 Å². The van der Waals surface area contributed by atoms with Crippen LogP contribution in [0.4, 0.5) is 3.89 Å². The molecule has 1 aromatic heterocycles. The summed E-state index contributed by atoms with van der Waals surface area (Å²) in [6.45, 7) is 21.3. The molecule has 1 aromatic rings. The van der Waals surface area contributed by atoms with E-state index in [-0.39, 0.29) is 0 Å². The lowest BCUT2D eigenvalue weighted by atomic mass is 10.2. The third-order valence-electron chi connectivity index (χ3n) is 3.22. The van der Waals surface area contributed by atoms with Gasteiger partial charge >= 0.3 is 0 Å². The second kappa shape index (κ2) is 8.02. The maximum absolute atomic E-state index is 15.6. The molecule has 1 heterocycles. The molecular weight excluding hydrogens is 305 g/mol. The fourth-order valence-corrected chi connectivity index (χ4v) is 4.78. The summed E-state index contributed by atoms with van der Waals surface area (Å²) in [5.41, 5.74) is 2.48. The van der Waals surface area contributed by atoms with E-state index in [1.54, 1.807) is 6.20 Å². The molecule has 0 saturated heterocycles. The first-order chi connectivity index (χ1) is 10.4. The maximum Gasteiger partial charge on any atom is 0.0653 e. The Hall–Kier alpha value is -1.27. The summed E-state index contributed by atoms with van der Waals surface area (Å²) in [6, 6.07) is 3.74. The molecule has 1 rings (SSSR count). The van der Waals surface area contributed by atoms with Gasteiger partial charge in [-0.05, 0) is 81.8 Å². The molecule has 0 saturated carbocycles. The van der Waals surface area contributed by atoms with Gasteiger partial charge in [0.05, 0.1) is 5.69 Å². The van der Waals surface area contributed by atoms with Crippen molar-refractivity contribution in [3.63, 3.8) is 0 Å². The Morgan fingerprint density at radius 1 is 1.09 bits per heavy atom. The standard InChI is InChI=1S/C18H26FNS.C2H6/c1-14(2)16-10-9-15(13-20-16)11-12-21(19,17(3,4)5)18(6,7)8;1-2/h9-10,13H,1H2,2-8H3;1-2H3. The Labute approximate surface area is 144 Å². The number of pyridine rings is 1. The largest absolute Gasteiger partial charge is 0.255 e. The molecular formula is C20H32FNS. The van der Waals surface area contributed by atoms with Crippen molar-refractivity contribution in [2.24, 2.45) is 0 Å². The second-order valence-electron chi connectivity index (χ2n) is 7.20. The van der Waals surface area contributed by atoms with E-state index >= 15 is 3.89 Å². The molecule has 0 bridgehead atoms. The number of rotatable bonds is 1. The molecule has 0 spiro atoms. The number of allylic oxidation sites excluding steroid dienone is 1. The minimum Gasteiger partial charge on any atom is -0.255 e. The second-order valence-corrected chi connectivity index (χ2v) is 10.9. The van der Waals surface area contributed by atoms with Crippen LogP contribution in [0.5, 0.6) is 0 Å². The van der Waals surface area contributed by atoms with Gasteiger partial charge in [0, 0.05) is 21.3 Å². The van der Waals surface area contributed by atoms with Gasteiger partial charge in [0.1, 0.15) is 0 Å². The molecule has 0 aliphatic rings. The highest BCUT2D eigenvalue weighted by molar-refractivity contribution is 8.35. The highest BCUT2D eigenvalue weighted by atomic mass is 32.3. The van der Waals surface area contributed by atoms with E-state index in [4.69, 9.17) is 0 Å². The molecule has 0 atom stereocenters. The van der Waals surface area contributed by atoms with E-state index in [0.29, 0.717) is 0 Å². The zero-order valence-electron chi connectivity index (χ0n) is 16.2. The number of hydrogen-bond donors (Lipinski definition) is 0. The van der Waals surface area contributed by atoms with Crippen molar-refractivity contribution in [3.8, 4) is 11.2 Å². The molecule has 130 valence electrons. The van der Waals surface area contributed by atoms with Crippen LogP contribution in [0, 0.1) is 11.2 Å². The van der Waals surface area contributed by atoms with Crippen LogP contribution in [0.25, 0.3) is 5.57 Å². The van der Waals surface area contributed by atoms with Crippen molar-refractivity contribution >= 4 is 16.0 Å². The first-order valence-corrected chi connectivity index (χ1v) is 9.58. The van der Waals surface area contributed by atoms with Crippen molar-refractivity contribution in [3.05, 3.63) is 36.2 Å². The average molecular weight is 338 g/mol. The lowest BCUT2D eigenvalue weighted by Gasteiger charge is -2.47. The Balaban J connectivity index is 0.00000232. The number of hydrogen-bond acceptors (Lipinski definition) is 1. The zero-order chi connectivity index (χ0) is 18.5. The van der Waals surface area contributed by atoms with Crippen LogP contribution in [-0.4, -0.2) is 14.5 Å². The van der Waals surface area contributed by atoms with Crippen molar-refractivity contribution in [1.82, 2.24) is 4.98 Å². The maximum atomic E-state index is 15.6. The number of halogens is 1. The average Bonchev–Trinajstić information content (AvgIpc) is 2.44. The molecule has 1 nitrogen and oxygen atoms in total. The molecule has 0 fully saturated rings. The van der Waals surface area contributed by atoms with E-state index in [0.717, 1.165) is 16.8 Å². The monoisotopic (exact) mass is 337 g/mol. The van der Waals surface area contributed by atoms with E-state index in [1.165, 1.54) is 0 Å². The fourth-order valence-electron chi connectivity index (χ4n) is 2.07. The fraction of sp³-hybridized carbons (Fsp3) is 0.550. The van der Waals surface area contributed by atoms with Crippen LogP contribution >= 0.6 is 10.4 Å². The normalized spacial score (nSPS) is 12.4. The predicted octanol–water partition coefficient (Wildman–Crippen LogP) is 6.74. The molecule has 0 radical (unpaired) electrons. The van der Waals surface area contributed by atoms with Gasteiger partial charge in [-0.15, -0.1) is 0 Å². The zero-order valence-corrected chi connectivity index (χ0v) is 17.0. The van der Waals surface area contributed by atoms with E-state index in [2.05, 4.69) is 22.7 Å². The van der Waals surface area contributed by atoms with Gasteiger partial charge in [-0.3, -0.25) is 4.98 Å². The lowest BCUT2D eigenvalue weighted by molar-refractivity contribution is 0.655. The van der Waals surface area contributed by atoms with Gasteiger partial charge < -0.3 is 0 Å². The minimum atomic E-state index is -2.60. The van der Waals surface area contributed by atoms with Gasteiger partial charge in [0.2, 0.25) is 0 Å². The summed E-state index contributed by atoms with van der Waals surface area (Å²) >= 11 is 0. The smallest absolute Gasteiger partial charge is 0.0653 e. The van der Waals surface area contributed by atoms with Gasteiger partial charge in [0.15, 0.2) is 0 Å². The van der Waals surface area contributed by atoms with Gasteiger partial charge in [-0.2, -0.15) is 3.89 Å². The van der Waals surface area contributed by atoms with Crippen molar-refractivity contribution in [2.45, 2.75) is 71.8 Å². The van der Waals surface area contributed by atoms with Crippen molar-refractivity contribution in [1.29, 1.82) is 0 Å². The summed E-state index contributed by atoms with van der Waals surface area (Å²) in [5.74, 6) is 2.98. The number of aromatic nitrogens is 1.